The molecule has 0 aliphatic heterocycles. The van der Waals surface area contributed by atoms with Crippen molar-refractivity contribution in [3.05, 3.63) is 29.3 Å². The zero-order chi connectivity index (χ0) is 14.5. The summed E-state index contributed by atoms with van der Waals surface area (Å²) in [6, 6.07) is 6.69. The van der Waals surface area contributed by atoms with Crippen LogP contribution in [-0.2, 0) is 18.4 Å². The van der Waals surface area contributed by atoms with Crippen molar-refractivity contribution in [2.24, 2.45) is 0 Å². The molecule has 7 heteroatoms. The lowest BCUT2D eigenvalue weighted by atomic mass is 10.3. The average Bonchev–Trinajstić information content (AvgIpc) is 2.38. The van der Waals surface area contributed by atoms with Gasteiger partial charge in [-0.25, -0.2) is 0 Å². The molecule has 0 saturated carbocycles. The highest BCUT2D eigenvalue weighted by Crippen LogP contribution is 2.46. The number of benzene rings is 1. The lowest BCUT2D eigenvalue weighted by Gasteiger charge is -2.17. The second kappa shape index (κ2) is 7.06. The molecule has 106 valence electrons. The van der Waals surface area contributed by atoms with Gasteiger partial charge < -0.3 is 13.8 Å². The molecule has 0 aromatic heterocycles. The summed E-state index contributed by atoms with van der Waals surface area (Å²) in [5, 5.41) is 0.511. The molecule has 1 rings (SSSR count). The summed E-state index contributed by atoms with van der Waals surface area (Å²) in [6.07, 6.45) is -1.10. The van der Waals surface area contributed by atoms with Gasteiger partial charge in [-0.15, -0.1) is 0 Å². The number of ketones is 1. The van der Waals surface area contributed by atoms with E-state index < -0.39 is 13.7 Å². The summed E-state index contributed by atoms with van der Waals surface area (Å²) in [5.41, 5.74) is 0. The van der Waals surface area contributed by atoms with Crippen molar-refractivity contribution in [2.45, 2.75) is 13.0 Å². The molecule has 19 heavy (non-hydrogen) atoms. The average molecular weight is 307 g/mol. The van der Waals surface area contributed by atoms with E-state index in [-0.39, 0.29) is 11.9 Å². The van der Waals surface area contributed by atoms with Crippen molar-refractivity contribution >= 4 is 25.0 Å². The molecule has 0 radical (unpaired) electrons. The molecule has 0 N–H and O–H groups in total. The zero-order valence-electron chi connectivity index (χ0n) is 11.0. The van der Waals surface area contributed by atoms with Gasteiger partial charge in [-0.1, -0.05) is 17.7 Å². The molecule has 5 nitrogen and oxygen atoms in total. The minimum Gasteiger partial charge on any atom is -0.483 e. The Morgan fingerprint density at radius 2 is 2.00 bits per heavy atom. The van der Waals surface area contributed by atoms with Gasteiger partial charge >= 0.3 is 7.60 Å². The van der Waals surface area contributed by atoms with Crippen molar-refractivity contribution in [3.8, 4) is 5.75 Å². The number of carbonyl (C=O) groups is 1. The third-order valence-electron chi connectivity index (χ3n) is 2.47. The maximum absolute atomic E-state index is 11.9. The number of Topliss-reactive ketones (excluding diaryl/α,β-unsaturated/α-hetero) is 1. The van der Waals surface area contributed by atoms with Crippen molar-refractivity contribution in [2.75, 3.05) is 20.4 Å². The third kappa shape index (κ3) is 4.96. The SMILES string of the molecule is COP(=O)(CC(=O)C(C)Oc1cccc(Cl)c1)OC. The second-order valence-corrected chi connectivity index (χ2v) is 6.52. The largest absolute Gasteiger partial charge is 0.483 e. The molecular weight excluding hydrogens is 291 g/mol. The Hall–Kier alpha value is -0.870. The van der Waals surface area contributed by atoms with Crippen LogP contribution < -0.4 is 4.74 Å². The van der Waals surface area contributed by atoms with Crippen LogP contribution in [0, 0.1) is 0 Å². The van der Waals surface area contributed by atoms with Crippen molar-refractivity contribution in [1.82, 2.24) is 0 Å². The maximum Gasteiger partial charge on any atom is 0.337 e. The molecule has 0 aliphatic carbocycles. The maximum atomic E-state index is 11.9. The van der Waals surface area contributed by atoms with Gasteiger partial charge in [0.15, 0.2) is 11.9 Å². The summed E-state index contributed by atoms with van der Waals surface area (Å²) in [6.45, 7) is 1.57. The van der Waals surface area contributed by atoms with E-state index in [1.165, 1.54) is 14.2 Å². The Bertz CT molecular complexity index is 483. The highest BCUT2D eigenvalue weighted by molar-refractivity contribution is 7.54. The van der Waals surface area contributed by atoms with E-state index in [1.54, 1.807) is 31.2 Å². The Morgan fingerprint density at radius 1 is 1.37 bits per heavy atom. The number of ether oxygens (including phenoxy) is 1. The van der Waals surface area contributed by atoms with Crippen LogP contribution in [0.1, 0.15) is 6.92 Å². The first-order chi connectivity index (χ1) is 8.90. The molecule has 0 aliphatic rings. The van der Waals surface area contributed by atoms with Gasteiger partial charge in [0, 0.05) is 19.2 Å². The molecule has 0 spiro atoms. The monoisotopic (exact) mass is 306 g/mol. The van der Waals surface area contributed by atoms with E-state index in [1.807, 2.05) is 0 Å². The van der Waals surface area contributed by atoms with E-state index in [2.05, 4.69) is 0 Å². The van der Waals surface area contributed by atoms with Gasteiger partial charge in [-0.3, -0.25) is 9.36 Å². The quantitative estimate of drug-likeness (QED) is 0.724. The minimum atomic E-state index is -3.36. The topological polar surface area (TPSA) is 61.8 Å². The standard InChI is InChI=1S/C12H16ClO5P/c1-9(12(14)8-19(15,16-2)17-3)18-11-6-4-5-10(13)7-11/h4-7,9H,8H2,1-3H3. The lowest BCUT2D eigenvalue weighted by Crippen LogP contribution is -2.27. The fourth-order valence-corrected chi connectivity index (χ4v) is 2.56. The number of rotatable bonds is 7. The number of hydrogen-bond donors (Lipinski definition) is 0. The molecule has 0 fully saturated rings. The Labute approximate surface area is 117 Å². The molecular formula is C12H16ClO5P. The highest BCUT2D eigenvalue weighted by atomic mass is 35.5. The van der Waals surface area contributed by atoms with Crippen LogP contribution in [0.4, 0.5) is 0 Å². The van der Waals surface area contributed by atoms with Crippen LogP contribution in [0.5, 0.6) is 5.75 Å². The van der Waals surface area contributed by atoms with Crippen molar-refractivity contribution in [3.63, 3.8) is 0 Å². The first-order valence-corrected chi connectivity index (χ1v) is 7.66. The summed E-state index contributed by atoms with van der Waals surface area (Å²) in [5.74, 6) is 0.102. The number of carbonyl (C=O) groups excluding carboxylic acids is 1. The van der Waals surface area contributed by atoms with Crippen LogP contribution in [0.15, 0.2) is 24.3 Å². The summed E-state index contributed by atoms with van der Waals surface area (Å²) >= 11 is 5.81. The van der Waals surface area contributed by atoms with Crippen LogP contribution >= 0.6 is 19.2 Å². The van der Waals surface area contributed by atoms with Crippen LogP contribution in [0.25, 0.3) is 0 Å². The minimum absolute atomic E-state index is 0.332. The molecule has 1 aromatic carbocycles. The molecule has 1 atom stereocenters. The van der Waals surface area contributed by atoms with Crippen LogP contribution in [-0.4, -0.2) is 32.3 Å². The fraction of sp³-hybridized carbons (Fsp3) is 0.417. The number of halogens is 1. The molecule has 0 bridgehead atoms. The first-order valence-electron chi connectivity index (χ1n) is 5.55. The smallest absolute Gasteiger partial charge is 0.337 e. The zero-order valence-corrected chi connectivity index (χ0v) is 12.6. The van der Waals surface area contributed by atoms with E-state index in [9.17, 15) is 9.36 Å². The summed E-state index contributed by atoms with van der Waals surface area (Å²) < 4.78 is 26.7. The van der Waals surface area contributed by atoms with E-state index in [4.69, 9.17) is 25.4 Å². The first kappa shape index (κ1) is 16.2. The van der Waals surface area contributed by atoms with Crippen LogP contribution in [0.3, 0.4) is 0 Å². The molecule has 0 amide bonds. The normalized spacial score (nSPS) is 13.1. The van der Waals surface area contributed by atoms with E-state index in [0.717, 1.165) is 0 Å². The lowest BCUT2D eigenvalue weighted by molar-refractivity contribution is -0.122. The van der Waals surface area contributed by atoms with Gasteiger partial charge in [0.05, 0.1) is 0 Å². The molecule has 1 unspecified atom stereocenters. The van der Waals surface area contributed by atoms with Crippen molar-refractivity contribution in [1.29, 1.82) is 0 Å². The van der Waals surface area contributed by atoms with Gasteiger partial charge in [0.2, 0.25) is 0 Å². The molecule has 0 heterocycles. The van der Waals surface area contributed by atoms with Gasteiger partial charge in [0.1, 0.15) is 11.9 Å². The van der Waals surface area contributed by atoms with Gasteiger partial charge in [-0.05, 0) is 25.1 Å². The van der Waals surface area contributed by atoms with Gasteiger partial charge in [-0.2, -0.15) is 0 Å². The van der Waals surface area contributed by atoms with E-state index >= 15 is 0 Å². The predicted octanol–water partition coefficient (Wildman–Crippen LogP) is 3.16. The Balaban J connectivity index is 2.65. The Morgan fingerprint density at radius 3 is 2.53 bits per heavy atom. The van der Waals surface area contributed by atoms with Gasteiger partial charge in [0.25, 0.3) is 0 Å². The highest BCUT2D eigenvalue weighted by Gasteiger charge is 2.29. The summed E-state index contributed by atoms with van der Waals surface area (Å²) in [7, 11) is -0.889. The Kier molecular flexibility index (Phi) is 6.01. The third-order valence-corrected chi connectivity index (χ3v) is 4.51. The predicted molar refractivity (Wildman–Crippen MR) is 73.0 cm³/mol. The molecule has 0 saturated heterocycles. The van der Waals surface area contributed by atoms with Crippen LogP contribution in [0.2, 0.25) is 5.02 Å². The fourth-order valence-electron chi connectivity index (χ4n) is 1.33. The van der Waals surface area contributed by atoms with Crippen molar-refractivity contribution < 1.29 is 23.1 Å². The van der Waals surface area contributed by atoms with E-state index in [0.29, 0.717) is 10.8 Å². The summed E-state index contributed by atoms with van der Waals surface area (Å²) in [4.78, 5) is 11.9. The molecule has 1 aromatic rings. The number of hydrogen-bond acceptors (Lipinski definition) is 5. The second-order valence-electron chi connectivity index (χ2n) is 3.82.